The largest absolute Gasteiger partial charge is 0.314 e. The van der Waals surface area contributed by atoms with E-state index in [2.05, 4.69) is 68.4 Å². The lowest BCUT2D eigenvalue weighted by Crippen LogP contribution is -2.47. The van der Waals surface area contributed by atoms with E-state index in [-0.39, 0.29) is 12.4 Å². The highest BCUT2D eigenvalue weighted by atomic mass is 79.9. The Balaban J connectivity index is 0.00000192. The van der Waals surface area contributed by atoms with E-state index in [0.29, 0.717) is 12.0 Å². The first kappa shape index (κ1) is 18.4. The van der Waals surface area contributed by atoms with E-state index in [1.54, 1.807) is 0 Å². The standard InChI is InChI=1S/C18H22BrN3.ClH/c1-14(15-4-2-6-17(19)10-15)13-22-9-8-21-12-18(22)16-5-3-7-20-11-16;/h2-7,10-11,14,18,21H,8-9,12-13H2,1H3;1H. The molecule has 2 atom stereocenters. The summed E-state index contributed by atoms with van der Waals surface area (Å²) in [5, 5.41) is 3.51. The van der Waals surface area contributed by atoms with Gasteiger partial charge in [0, 0.05) is 49.1 Å². The van der Waals surface area contributed by atoms with Crippen LogP contribution in [0.2, 0.25) is 0 Å². The average molecular weight is 397 g/mol. The van der Waals surface area contributed by atoms with E-state index in [0.717, 1.165) is 30.7 Å². The molecule has 0 amide bonds. The zero-order valence-corrected chi connectivity index (χ0v) is 15.7. The van der Waals surface area contributed by atoms with E-state index in [4.69, 9.17) is 0 Å². The first-order valence-corrected chi connectivity index (χ1v) is 8.63. The van der Waals surface area contributed by atoms with E-state index >= 15 is 0 Å². The normalized spacial score (nSPS) is 19.8. The molecule has 0 saturated carbocycles. The Morgan fingerprint density at radius 1 is 1.35 bits per heavy atom. The van der Waals surface area contributed by atoms with Crippen molar-refractivity contribution in [3.8, 4) is 0 Å². The van der Waals surface area contributed by atoms with Gasteiger partial charge in [-0.15, -0.1) is 12.4 Å². The van der Waals surface area contributed by atoms with Gasteiger partial charge in [0.1, 0.15) is 0 Å². The fourth-order valence-electron chi connectivity index (χ4n) is 3.14. The Morgan fingerprint density at radius 2 is 2.22 bits per heavy atom. The van der Waals surface area contributed by atoms with Crippen molar-refractivity contribution in [2.75, 3.05) is 26.2 Å². The molecule has 0 aliphatic carbocycles. The maximum absolute atomic E-state index is 4.28. The molecule has 2 aromatic rings. The summed E-state index contributed by atoms with van der Waals surface area (Å²) in [6.07, 6.45) is 3.84. The third-order valence-corrected chi connectivity index (χ3v) is 4.84. The molecule has 1 aliphatic heterocycles. The van der Waals surface area contributed by atoms with E-state index in [1.807, 2.05) is 18.5 Å². The second kappa shape index (κ2) is 8.78. The maximum atomic E-state index is 4.28. The highest BCUT2D eigenvalue weighted by molar-refractivity contribution is 9.10. The zero-order valence-electron chi connectivity index (χ0n) is 13.3. The summed E-state index contributed by atoms with van der Waals surface area (Å²) in [5.74, 6) is 0.509. The van der Waals surface area contributed by atoms with Crippen molar-refractivity contribution in [1.29, 1.82) is 0 Å². The summed E-state index contributed by atoms with van der Waals surface area (Å²) >= 11 is 3.57. The van der Waals surface area contributed by atoms with E-state index in [1.165, 1.54) is 11.1 Å². The lowest BCUT2D eigenvalue weighted by molar-refractivity contribution is 0.154. The fraction of sp³-hybridized carbons (Fsp3) is 0.389. The second-order valence-corrected chi connectivity index (χ2v) is 6.87. The molecule has 124 valence electrons. The molecule has 3 nitrogen and oxygen atoms in total. The predicted octanol–water partition coefficient (Wildman–Crippen LogP) is 4.02. The minimum Gasteiger partial charge on any atom is -0.314 e. The Labute approximate surface area is 153 Å². The average Bonchev–Trinajstić information content (AvgIpc) is 2.56. The molecule has 3 rings (SSSR count). The third kappa shape index (κ3) is 4.77. The summed E-state index contributed by atoms with van der Waals surface area (Å²) in [6.45, 7) is 6.51. The van der Waals surface area contributed by atoms with Gasteiger partial charge in [0.05, 0.1) is 0 Å². The quantitative estimate of drug-likeness (QED) is 0.846. The van der Waals surface area contributed by atoms with Crippen LogP contribution in [0.25, 0.3) is 0 Å². The molecular formula is C18H23BrClN3. The van der Waals surface area contributed by atoms with Gasteiger partial charge in [-0.2, -0.15) is 0 Å². The number of benzene rings is 1. The van der Waals surface area contributed by atoms with Crippen molar-refractivity contribution >= 4 is 28.3 Å². The van der Waals surface area contributed by atoms with Crippen LogP contribution in [0.15, 0.2) is 53.3 Å². The molecule has 1 fully saturated rings. The Hall–Kier alpha value is -0.940. The van der Waals surface area contributed by atoms with Gasteiger partial charge in [-0.25, -0.2) is 0 Å². The van der Waals surface area contributed by atoms with Crippen LogP contribution in [-0.4, -0.2) is 36.1 Å². The Bertz CT molecular complexity index is 608. The SMILES string of the molecule is CC(CN1CCNCC1c1cccnc1)c1cccc(Br)c1.Cl. The number of aromatic nitrogens is 1. The summed E-state index contributed by atoms with van der Waals surface area (Å²) in [7, 11) is 0. The van der Waals surface area contributed by atoms with Gasteiger partial charge < -0.3 is 5.32 Å². The Kier molecular flexibility index (Phi) is 7.03. The highest BCUT2D eigenvalue weighted by Gasteiger charge is 2.25. The number of rotatable bonds is 4. The lowest BCUT2D eigenvalue weighted by atomic mass is 9.98. The number of hydrogen-bond donors (Lipinski definition) is 1. The van der Waals surface area contributed by atoms with Crippen LogP contribution in [0.4, 0.5) is 0 Å². The van der Waals surface area contributed by atoms with Crippen LogP contribution < -0.4 is 5.32 Å². The summed E-state index contributed by atoms with van der Waals surface area (Å²) in [4.78, 5) is 6.87. The number of pyridine rings is 1. The van der Waals surface area contributed by atoms with Gasteiger partial charge in [0.2, 0.25) is 0 Å². The van der Waals surface area contributed by atoms with Gasteiger partial charge in [-0.3, -0.25) is 9.88 Å². The molecule has 1 N–H and O–H groups in total. The number of hydrogen-bond acceptors (Lipinski definition) is 3. The minimum absolute atomic E-state index is 0. The van der Waals surface area contributed by atoms with Gasteiger partial charge >= 0.3 is 0 Å². The lowest BCUT2D eigenvalue weighted by Gasteiger charge is -2.38. The van der Waals surface area contributed by atoms with Crippen molar-refractivity contribution in [2.45, 2.75) is 18.9 Å². The first-order chi connectivity index (χ1) is 10.7. The molecule has 2 unspecified atom stereocenters. The number of nitrogens with zero attached hydrogens (tertiary/aromatic N) is 2. The van der Waals surface area contributed by atoms with Crippen LogP contribution in [-0.2, 0) is 0 Å². The monoisotopic (exact) mass is 395 g/mol. The molecule has 2 heterocycles. The molecule has 1 aliphatic rings. The van der Waals surface area contributed by atoms with Crippen LogP contribution >= 0.6 is 28.3 Å². The van der Waals surface area contributed by atoms with Crippen LogP contribution in [0.5, 0.6) is 0 Å². The second-order valence-electron chi connectivity index (χ2n) is 5.96. The molecule has 23 heavy (non-hydrogen) atoms. The molecule has 0 radical (unpaired) electrons. The number of halogens is 2. The van der Waals surface area contributed by atoms with Gasteiger partial charge in [-0.05, 0) is 35.2 Å². The van der Waals surface area contributed by atoms with Crippen molar-refractivity contribution in [3.05, 3.63) is 64.4 Å². The summed E-state index contributed by atoms with van der Waals surface area (Å²) < 4.78 is 1.15. The van der Waals surface area contributed by atoms with Gasteiger partial charge in [0.15, 0.2) is 0 Å². The van der Waals surface area contributed by atoms with Gasteiger partial charge in [-0.1, -0.05) is 41.1 Å². The maximum Gasteiger partial charge on any atom is 0.0488 e. The number of piperazine rings is 1. The van der Waals surface area contributed by atoms with Gasteiger partial charge in [0.25, 0.3) is 0 Å². The van der Waals surface area contributed by atoms with Crippen LogP contribution in [0, 0.1) is 0 Å². The smallest absolute Gasteiger partial charge is 0.0488 e. The summed E-state index contributed by atoms with van der Waals surface area (Å²) in [5.41, 5.74) is 2.69. The molecular weight excluding hydrogens is 374 g/mol. The minimum atomic E-state index is 0. The summed E-state index contributed by atoms with van der Waals surface area (Å²) in [6, 6.07) is 13.3. The Morgan fingerprint density at radius 3 is 2.96 bits per heavy atom. The van der Waals surface area contributed by atoms with Crippen LogP contribution in [0.1, 0.15) is 30.0 Å². The predicted molar refractivity (Wildman–Crippen MR) is 101 cm³/mol. The van der Waals surface area contributed by atoms with Crippen molar-refractivity contribution in [1.82, 2.24) is 15.2 Å². The molecule has 0 spiro atoms. The number of nitrogens with one attached hydrogen (secondary N) is 1. The zero-order chi connectivity index (χ0) is 15.4. The topological polar surface area (TPSA) is 28.2 Å². The molecule has 0 bridgehead atoms. The van der Waals surface area contributed by atoms with Crippen molar-refractivity contribution in [3.63, 3.8) is 0 Å². The van der Waals surface area contributed by atoms with Crippen molar-refractivity contribution < 1.29 is 0 Å². The highest BCUT2D eigenvalue weighted by Crippen LogP contribution is 2.26. The molecule has 1 aromatic heterocycles. The molecule has 1 saturated heterocycles. The van der Waals surface area contributed by atoms with E-state index in [9.17, 15) is 0 Å². The fourth-order valence-corrected chi connectivity index (χ4v) is 3.55. The molecule has 5 heteroatoms. The first-order valence-electron chi connectivity index (χ1n) is 7.84. The molecule has 1 aromatic carbocycles. The van der Waals surface area contributed by atoms with E-state index < -0.39 is 0 Å². The third-order valence-electron chi connectivity index (χ3n) is 4.35. The van der Waals surface area contributed by atoms with Crippen LogP contribution in [0.3, 0.4) is 0 Å². The van der Waals surface area contributed by atoms with Crippen molar-refractivity contribution in [2.24, 2.45) is 0 Å².